The Balaban J connectivity index is 1.37. The quantitative estimate of drug-likeness (QED) is 0.572. The van der Waals surface area contributed by atoms with E-state index in [1.807, 2.05) is 31.2 Å². The molecule has 7 heteroatoms. The van der Waals surface area contributed by atoms with Crippen molar-refractivity contribution in [2.24, 2.45) is 11.8 Å². The maximum absolute atomic E-state index is 14.5. The number of hydrogen-bond acceptors (Lipinski definition) is 5. The van der Waals surface area contributed by atoms with E-state index in [0.29, 0.717) is 37.1 Å². The molecule has 34 heavy (non-hydrogen) atoms. The molecule has 4 atom stereocenters. The first-order valence-corrected chi connectivity index (χ1v) is 12.3. The van der Waals surface area contributed by atoms with Gasteiger partial charge in [-0.15, -0.1) is 0 Å². The highest BCUT2D eigenvalue weighted by molar-refractivity contribution is 5.69. The number of carboxylic acids is 1. The molecule has 0 spiro atoms. The Morgan fingerprint density at radius 1 is 1.12 bits per heavy atom. The van der Waals surface area contributed by atoms with Crippen LogP contribution in [0.1, 0.15) is 40.0 Å². The number of benzene rings is 2. The average Bonchev–Trinajstić information content (AvgIpc) is 3.16. The number of carboxylic acid groups (broad SMARTS) is 1. The van der Waals surface area contributed by atoms with Crippen molar-refractivity contribution < 1.29 is 23.8 Å². The van der Waals surface area contributed by atoms with Gasteiger partial charge in [-0.2, -0.15) is 0 Å². The highest BCUT2D eigenvalue weighted by Gasteiger charge is 2.32. The van der Waals surface area contributed by atoms with Crippen LogP contribution in [0.15, 0.2) is 42.5 Å². The highest BCUT2D eigenvalue weighted by atomic mass is 19.1. The minimum absolute atomic E-state index is 0.0326. The Bertz CT molecular complexity index is 983. The molecule has 0 saturated carbocycles. The maximum atomic E-state index is 14.5. The van der Waals surface area contributed by atoms with E-state index in [1.165, 1.54) is 6.07 Å². The van der Waals surface area contributed by atoms with Crippen LogP contribution < -0.4 is 19.3 Å². The molecule has 4 rings (SSSR count). The van der Waals surface area contributed by atoms with Crippen molar-refractivity contribution in [1.82, 2.24) is 0 Å². The zero-order valence-electron chi connectivity index (χ0n) is 20.2. The van der Waals surface area contributed by atoms with E-state index >= 15 is 0 Å². The first kappa shape index (κ1) is 24.2. The second-order valence-corrected chi connectivity index (χ2v) is 9.65. The van der Waals surface area contributed by atoms with Gasteiger partial charge in [0.1, 0.15) is 23.4 Å². The Morgan fingerprint density at radius 3 is 2.53 bits per heavy atom. The lowest BCUT2D eigenvalue weighted by Gasteiger charge is -2.38. The molecule has 2 aromatic carbocycles. The molecule has 0 bridgehead atoms. The van der Waals surface area contributed by atoms with Gasteiger partial charge in [-0.3, -0.25) is 4.79 Å². The van der Waals surface area contributed by atoms with Gasteiger partial charge in [-0.1, -0.05) is 13.8 Å². The van der Waals surface area contributed by atoms with Gasteiger partial charge in [0.25, 0.3) is 0 Å². The number of aliphatic carboxylic acids is 1. The van der Waals surface area contributed by atoms with Crippen molar-refractivity contribution in [3.05, 3.63) is 48.3 Å². The fraction of sp³-hybridized carbons (Fsp3) is 0.519. The van der Waals surface area contributed by atoms with Crippen molar-refractivity contribution >= 4 is 17.3 Å². The van der Waals surface area contributed by atoms with Gasteiger partial charge < -0.3 is 24.4 Å². The Morgan fingerprint density at radius 2 is 1.85 bits per heavy atom. The molecule has 6 nitrogen and oxygen atoms in total. The van der Waals surface area contributed by atoms with E-state index < -0.39 is 5.97 Å². The van der Waals surface area contributed by atoms with Gasteiger partial charge >= 0.3 is 5.97 Å². The van der Waals surface area contributed by atoms with Crippen LogP contribution in [0.3, 0.4) is 0 Å². The molecule has 0 amide bonds. The molecule has 2 aliphatic rings. The van der Waals surface area contributed by atoms with Gasteiger partial charge in [0.2, 0.25) is 0 Å². The summed E-state index contributed by atoms with van der Waals surface area (Å²) in [5, 5.41) is 9.24. The lowest BCUT2D eigenvalue weighted by molar-refractivity contribution is -0.137. The number of carbonyl (C=O) groups is 1. The second-order valence-electron chi connectivity index (χ2n) is 9.65. The fourth-order valence-corrected chi connectivity index (χ4v) is 5.26. The van der Waals surface area contributed by atoms with Crippen LogP contribution >= 0.6 is 0 Å². The van der Waals surface area contributed by atoms with Crippen molar-refractivity contribution in [2.45, 2.75) is 52.2 Å². The molecule has 0 aliphatic carbocycles. The maximum Gasteiger partial charge on any atom is 0.305 e. The molecule has 2 fully saturated rings. The van der Waals surface area contributed by atoms with E-state index in [0.717, 1.165) is 30.8 Å². The number of piperidine rings is 1. The van der Waals surface area contributed by atoms with E-state index in [-0.39, 0.29) is 30.3 Å². The third kappa shape index (κ3) is 5.57. The summed E-state index contributed by atoms with van der Waals surface area (Å²) >= 11 is 0. The van der Waals surface area contributed by atoms with Crippen LogP contribution in [0, 0.1) is 17.7 Å². The van der Waals surface area contributed by atoms with Crippen LogP contribution in [0.2, 0.25) is 0 Å². The summed E-state index contributed by atoms with van der Waals surface area (Å²) < 4.78 is 26.4. The van der Waals surface area contributed by atoms with Gasteiger partial charge in [-0.25, -0.2) is 4.39 Å². The number of rotatable bonds is 8. The summed E-state index contributed by atoms with van der Waals surface area (Å²) in [6.07, 6.45) is 1.90. The number of ether oxygens (including phenoxy) is 2. The zero-order valence-corrected chi connectivity index (χ0v) is 20.2. The highest BCUT2D eigenvalue weighted by Crippen LogP contribution is 2.34. The number of nitrogens with zero attached hydrogens (tertiary/aromatic N) is 2. The van der Waals surface area contributed by atoms with Gasteiger partial charge in [0.05, 0.1) is 18.7 Å². The van der Waals surface area contributed by atoms with Crippen molar-refractivity contribution in [3.8, 4) is 11.5 Å². The molecule has 0 radical (unpaired) electrons. The normalized spacial score (nSPS) is 24.8. The van der Waals surface area contributed by atoms with Crippen molar-refractivity contribution in [1.29, 1.82) is 0 Å². The average molecular weight is 471 g/mol. The smallest absolute Gasteiger partial charge is 0.305 e. The molecule has 2 heterocycles. The van der Waals surface area contributed by atoms with Crippen LogP contribution in [0.25, 0.3) is 0 Å². The summed E-state index contributed by atoms with van der Waals surface area (Å²) in [7, 11) is 0. The van der Waals surface area contributed by atoms with Gasteiger partial charge in [0.15, 0.2) is 0 Å². The number of hydrogen-bond donors (Lipinski definition) is 1. The standard InChI is InChI=1S/C27H35FN2O4/c1-4-33-23-9-10-24(28)25(15-23)29-12-11-26(19(3)17-29)34-22-7-5-20(6-8-22)30-16-18(2)13-21(30)14-27(31)32/h5-10,15,18-19,21,26H,4,11-14,16-17H2,1-3H3,(H,31,32)/t18-,19?,21-,26?/m1/s1. The summed E-state index contributed by atoms with van der Waals surface area (Å²) in [6, 6.07) is 12.9. The fourth-order valence-electron chi connectivity index (χ4n) is 5.26. The van der Waals surface area contributed by atoms with Crippen LogP contribution in [-0.4, -0.2) is 49.5 Å². The van der Waals surface area contributed by atoms with Crippen molar-refractivity contribution in [3.63, 3.8) is 0 Å². The third-order valence-electron chi connectivity index (χ3n) is 6.89. The van der Waals surface area contributed by atoms with Crippen LogP contribution in [0.4, 0.5) is 15.8 Å². The monoisotopic (exact) mass is 470 g/mol. The molecule has 184 valence electrons. The minimum atomic E-state index is -0.756. The van der Waals surface area contributed by atoms with Crippen LogP contribution in [0.5, 0.6) is 11.5 Å². The lowest BCUT2D eigenvalue weighted by atomic mass is 9.95. The Kier molecular flexibility index (Phi) is 7.49. The summed E-state index contributed by atoms with van der Waals surface area (Å²) in [6.45, 7) is 9.05. The number of halogens is 1. The molecular formula is C27H35FN2O4. The van der Waals surface area contributed by atoms with Gasteiger partial charge in [0, 0.05) is 49.8 Å². The molecular weight excluding hydrogens is 435 g/mol. The van der Waals surface area contributed by atoms with Crippen LogP contribution in [-0.2, 0) is 4.79 Å². The second kappa shape index (κ2) is 10.5. The molecule has 2 aliphatic heterocycles. The van der Waals surface area contributed by atoms with E-state index in [1.54, 1.807) is 12.1 Å². The topological polar surface area (TPSA) is 62.2 Å². The molecule has 0 aromatic heterocycles. The summed E-state index contributed by atoms with van der Waals surface area (Å²) in [4.78, 5) is 15.5. The lowest BCUT2D eigenvalue weighted by Crippen LogP contribution is -2.44. The van der Waals surface area contributed by atoms with E-state index in [4.69, 9.17) is 9.47 Å². The Labute approximate surface area is 201 Å². The SMILES string of the molecule is CCOc1ccc(F)c(N2CCC(Oc3ccc(N4C[C@H](C)C[C@@H]4CC(=O)O)cc3)C(C)C2)c1. The predicted molar refractivity (Wildman–Crippen MR) is 132 cm³/mol. The largest absolute Gasteiger partial charge is 0.494 e. The zero-order chi connectivity index (χ0) is 24.2. The molecule has 2 unspecified atom stereocenters. The molecule has 1 N–H and O–H groups in total. The third-order valence-corrected chi connectivity index (χ3v) is 6.89. The minimum Gasteiger partial charge on any atom is -0.494 e. The summed E-state index contributed by atoms with van der Waals surface area (Å²) in [5.41, 5.74) is 1.62. The van der Waals surface area contributed by atoms with E-state index in [2.05, 4.69) is 23.6 Å². The van der Waals surface area contributed by atoms with Gasteiger partial charge in [-0.05, 0) is 55.7 Å². The predicted octanol–water partition coefficient (Wildman–Crippen LogP) is 5.21. The molecule has 2 aromatic rings. The molecule has 2 saturated heterocycles. The Hall–Kier alpha value is -2.96. The summed E-state index contributed by atoms with van der Waals surface area (Å²) in [5.74, 6) is 1.20. The first-order valence-electron chi connectivity index (χ1n) is 12.3. The first-order chi connectivity index (χ1) is 16.3. The number of anilines is 2. The van der Waals surface area contributed by atoms with Crippen molar-refractivity contribution in [2.75, 3.05) is 36.0 Å². The van der Waals surface area contributed by atoms with E-state index in [9.17, 15) is 14.3 Å².